The van der Waals surface area contributed by atoms with Crippen molar-refractivity contribution in [3.8, 4) is 0 Å². The number of hydrogen-bond donors (Lipinski definition) is 1. The lowest BCUT2D eigenvalue weighted by molar-refractivity contribution is 0.204. The molecule has 0 saturated carbocycles. The van der Waals surface area contributed by atoms with E-state index in [2.05, 4.69) is 4.98 Å². The van der Waals surface area contributed by atoms with Crippen molar-refractivity contribution in [2.75, 3.05) is 0 Å². The van der Waals surface area contributed by atoms with E-state index in [4.69, 9.17) is 0 Å². The maximum Gasteiger partial charge on any atom is 0.261 e. The molecule has 20 heavy (non-hydrogen) atoms. The van der Waals surface area contributed by atoms with Crippen molar-refractivity contribution in [2.24, 2.45) is 7.05 Å². The Balaban J connectivity index is 2.22. The normalized spacial score (nSPS) is 12.5. The second-order valence-electron chi connectivity index (χ2n) is 4.66. The monoisotopic (exact) mass is 266 g/mol. The Kier molecular flexibility index (Phi) is 3.08. The summed E-state index contributed by atoms with van der Waals surface area (Å²) >= 11 is 0. The average molecular weight is 266 g/mol. The van der Waals surface area contributed by atoms with Crippen LogP contribution in [-0.2, 0) is 7.05 Å². The summed E-state index contributed by atoms with van der Waals surface area (Å²) in [5.41, 5.74) is 1.16. The SMILES string of the molecule is Cn1c([C@@H](O)c2ccccc2)nc2ccccc2c1=O. The maximum atomic E-state index is 12.3. The van der Waals surface area contributed by atoms with Crippen LogP contribution in [0.3, 0.4) is 0 Å². The molecule has 3 aromatic rings. The Morgan fingerprint density at radius 2 is 1.70 bits per heavy atom. The molecule has 2 aromatic carbocycles. The molecule has 0 aliphatic rings. The Hall–Kier alpha value is -2.46. The van der Waals surface area contributed by atoms with Gasteiger partial charge >= 0.3 is 0 Å². The Morgan fingerprint density at radius 1 is 1.05 bits per heavy atom. The maximum absolute atomic E-state index is 12.3. The van der Waals surface area contributed by atoms with Gasteiger partial charge in [0.15, 0.2) is 0 Å². The van der Waals surface area contributed by atoms with Crippen LogP contribution in [-0.4, -0.2) is 14.7 Å². The standard InChI is InChI=1S/C16H14N2O2/c1-18-15(14(19)11-7-3-2-4-8-11)17-13-10-6-5-9-12(13)16(18)20/h2-10,14,19H,1H3/t14-/m0/s1. The molecule has 0 spiro atoms. The van der Waals surface area contributed by atoms with Crippen LogP contribution in [0.4, 0.5) is 0 Å². The van der Waals surface area contributed by atoms with Crippen LogP contribution >= 0.6 is 0 Å². The minimum atomic E-state index is -0.918. The highest BCUT2D eigenvalue weighted by Gasteiger charge is 2.17. The highest BCUT2D eigenvalue weighted by atomic mass is 16.3. The summed E-state index contributed by atoms with van der Waals surface area (Å²) in [6.07, 6.45) is -0.918. The molecule has 3 rings (SSSR count). The first-order valence-corrected chi connectivity index (χ1v) is 6.37. The number of aliphatic hydroxyl groups excluding tert-OH is 1. The molecular formula is C16H14N2O2. The third-order valence-corrected chi connectivity index (χ3v) is 3.38. The predicted octanol–water partition coefficient (Wildman–Crippen LogP) is 2.02. The third-order valence-electron chi connectivity index (χ3n) is 3.38. The zero-order valence-electron chi connectivity index (χ0n) is 11.0. The van der Waals surface area contributed by atoms with E-state index in [0.29, 0.717) is 22.3 Å². The van der Waals surface area contributed by atoms with E-state index in [1.807, 2.05) is 36.4 Å². The van der Waals surface area contributed by atoms with Gasteiger partial charge < -0.3 is 5.11 Å². The van der Waals surface area contributed by atoms with Crippen molar-refractivity contribution >= 4 is 10.9 Å². The van der Waals surface area contributed by atoms with Crippen LogP contribution in [0.25, 0.3) is 10.9 Å². The first kappa shape index (κ1) is 12.6. The van der Waals surface area contributed by atoms with Gasteiger partial charge in [0.1, 0.15) is 11.9 Å². The van der Waals surface area contributed by atoms with Crippen molar-refractivity contribution in [2.45, 2.75) is 6.10 Å². The summed E-state index contributed by atoms with van der Waals surface area (Å²) in [6.45, 7) is 0. The van der Waals surface area contributed by atoms with Crippen LogP contribution in [0.5, 0.6) is 0 Å². The fourth-order valence-electron chi connectivity index (χ4n) is 2.26. The van der Waals surface area contributed by atoms with E-state index in [9.17, 15) is 9.90 Å². The number of aromatic nitrogens is 2. The second kappa shape index (κ2) is 4.90. The van der Waals surface area contributed by atoms with Crippen molar-refractivity contribution in [3.63, 3.8) is 0 Å². The lowest BCUT2D eigenvalue weighted by Crippen LogP contribution is -2.24. The van der Waals surface area contributed by atoms with E-state index in [1.54, 1.807) is 25.2 Å². The molecule has 0 radical (unpaired) electrons. The molecular weight excluding hydrogens is 252 g/mol. The number of fused-ring (bicyclic) bond motifs is 1. The highest BCUT2D eigenvalue weighted by Crippen LogP contribution is 2.20. The average Bonchev–Trinajstić information content (AvgIpc) is 2.51. The molecule has 1 heterocycles. The fraction of sp³-hybridized carbons (Fsp3) is 0.125. The van der Waals surface area contributed by atoms with Crippen molar-refractivity contribution in [3.05, 3.63) is 76.3 Å². The van der Waals surface area contributed by atoms with Gasteiger partial charge in [-0.05, 0) is 17.7 Å². The van der Waals surface area contributed by atoms with E-state index in [-0.39, 0.29) is 5.56 Å². The molecule has 4 heteroatoms. The van der Waals surface area contributed by atoms with Gasteiger partial charge in [-0.2, -0.15) is 0 Å². The molecule has 0 saturated heterocycles. The summed E-state index contributed by atoms with van der Waals surface area (Å²) < 4.78 is 1.40. The third kappa shape index (κ3) is 2.00. The molecule has 0 fully saturated rings. The molecule has 0 aliphatic carbocycles. The smallest absolute Gasteiger partial charge is 0.261 e. The number of rotatable bonds is 2. The largest absolute Gasteiger partial charge is 0.380 e. The Labute approximate surface area is 116 Å². The molecule has 1 aromatic heterocycles. The van der Waals surface area contributed by atoms with Crippen molar-refractivity contribution in [1.82, 2.24) is 9.55 Å². The van der Waals surface area contributed by atoms with Crippen LogP contribution in [0.1, 0.15) is 17.5 Å². The van der Waals surface area contributed by atoms with Crippen LogP contribution in [0.2, 0.25) is 0 Å². The number of aliphatic hydroxyl groups is 1. The topological polar surface area (TPSA) is 55.1 Å². The van der Waals surface area contributed by atoms with Crippen molar-refractivity contribution in [1.29, 1.82) is 0 Å². The van der Waals surface area contributed by atoms with Gasteiger partial charge in [0, 0.05) is 7.05 Å². The highest BCUT2D eigenvalue weighted by molar-refractivity contribution is 5.77. The fourth-order valence-corrected chi connectivity index (χ4v) is 2.26. The zero-order chi connectivity index (χ0) is 14.1. The summed E-state index contributed by atoms with van der Waals surface area (Å²) in [4.78, 5) is 16.7. The molecule has 0 bridgehead atoms. The van der Waals surface area contributed by atoms with Gasteiger partial charge in [-0.3, -0.25) is 9.36 Å². The van der Waals surface area contributed by atoms with Gasteiger partial charge in [-0.15, -0.1) is 0 Å². The summed E-state index contributed by atoms with van der Waals surface area (Å²) in [5.74, 6) is 0.347. The van der Waals surface area contributed by atoms with E-state index in [0.717, 1.165) is 0 Å². The lowest BCUT2D eigenvalue weighted by Gasteiger charge is -2.15. The summed E-state index contributed by atoms with van der Waals surface area (Å²) in [7, 11) is 1.63. The zero-order valence-corrected chi connectivity index (χ0v) is 11.0. The Morgan fingerprint density at radius 3 is 2.45 bits per heavy atom. The van der Waals surface area contributed by atoms with Gasteiger partial charge in [0.25, 0.3) is 5.56 Å². The van der Waals surface area contributed by atoms with E-state index in [1.165, 1.54) is 4.57 Å². The van der Waals surface area contributed by atoms with Crippen molar-refractivity contribution < 1.29 is 5.11 Å². The molecule has 100 valence electrons. The summed E-state index contributed by atoms with van der Waals surface area (Å²) in [5, 5.41) is 11.0. The lowest BCUT2D eigenvalue weighted by atomic mass is 10.1. The van der Waals surface area contributed by atoms with Gasteiger partial charge in [0.2, 0.25) is 0 Å². The van der Waals surface area contributed by atoms with E-state index >= 15 is 0 Å². The van der Waals surface area contributed by atoms with Crippen LogP contribution in [0.15, 0.2) is 59.4 Å². The van der Waals surface area contributed by atoms with E-state index < -0.39 is 6.10 Å². The number of hydrogen-bond acceptors (Lipinski definition) is 3. The number of nitrogens with zero attached hydrogens (tertiary/aromatic N) is 2. The second-order valence-corrected chi connectivity index (χ2v) is 4.66. The number of para-hydroxylation sites is 1. The van der Waals surface area contributed by atoms with Gasteiger partial charge in [-0.1, -0.05) is 42.5 Å². The molecule has 0 amide bonds. The van der Waals surface area contributed by atoms with Gasteiger partial charge in [0.05, 0.1) is 10.9 Å². The number of benzene rings is 2. The van der Waals surface area contributed by atoms with Crippen LogP contribution < -0.4 is 5.56 Å². The molecule has 4 nitrogen and oxygen atoms in total. The quantitative estimate of drug-likeness (QED) is 0.772. The first-order valence-electron chi connectivity index (χ1n) is 6.37. The molecule has 0 aliphatic heterocycles. The molecule has 1 N–H and O–H groups in total. The predicted molar refractivity (Wildman–Crippen MR) is 77.5 cm³/mol. The molecule has 1 atom stereocenters. The minimum absolute atomic E-state index is 0.152. The first-order chi connectivity index (χ1) is 9.68. The summed E-state index contributed by atoms with van der Waals surface area (Å²) in [6, 6.07) is 16.3. The van der Waals surface area contributed by atoms with Crippen LogP contribution in [0, 0.1) is 0 Å². The minimum Gasteiger partial charge on any atom is -0.380 e. The van der Waals surface area contributed by atoms with Gasteiger partial charge in [-0.25, -0.2) is 4.98 Å². The Bertz CT molecular complexity index is 810. The molecule has 0 unspecified atom stereocenters.